The van der Waals surface area contributed by atoms with Gasteiger partial charge in [0.15, 0.2) is 5.17 Å². The van der Waals surface area contributed by atoms with Gasteiger partial charge in [0.2, 0.25) is 0 Å². The van der Waals surface area contributed by atoms with Gasteiger partial charge in [-0.1, -0.05) is 24.8 Å². The van der Waals surface area contributed by atoms with Gasteiger partial charge in [-0.15, -0.1) is 0 Å². The molecule has 7 nitrogen and oxygen atoms in total. The second-order valence-electron chi connectivity index (χ2n) is 6.32. The Morgan fingerprint density at radius 3 is 2.88 bits per heavy atom. The molecule has 1 aromatic carbocycles. The number of nitro groups is 1. The number of non-ortho nitro benzene ring substituents is 1. The van der Waals surface area contributed by atoms with Crippen molar-refractivity contribution in [2.45, 2.75) is 24.3 Å². The summed E-state index contributed by atoms with van der Waals surface area (Å²) in [5.41, 5.74) is 1.67. The minimum Gasteiger partial charge on any atom is -0.496 e. The highest BCUT2D eigenvalue weighted by Crippen LogP contribution is 2.50. The third-order valence-electron chi connectivity index (χ3n) is 4.62. The fraction of sp³-hybridized carbons (Fsp3) is 0.333. The average molecular weight is 370 g/mol. The zero-order chi connectivity index (χ0) is 18.3. The normalized spacial score (nSPS) is 24.3. The molecule has 3 atom stereocenters. The van der Waals surface area contributed by atoms with Crippen LogP contribution in [0.25, 0.3) is 0 Å². The number of aliphatic imine (C=N–C) groups is 1. The fourth-order valence-electron chi connectivity index (χ4n) is 3.52. The lowest BCUT2D eigenvalue weighted by molar-refractivity contribution is -0.385. The van der Waals surface area contributed by atoms with Gasteiger partial charge in [0.25, 0.3) is 5.69 Å². The van der Waals surface area contributed by atoms with E-state index in [0.29, 0.717) is 11.0 Å². The highest BCUT2D eigenvalue weighted by molar-refractivity contribution is 8.14. The van der Waals surface area contributed by atoms with Crippen molar-refractivity contribution in [3.63, 3.8) is 0 Å². The van der Waals surface area contributed by atoms with Crippen molar-refractivity contribution in [2.24, 2.45) is 4.99 Å². The van der Waals surface area contributed by atoms with Gasteiger partial charge in [0.05, 0.1) is 23.8 Å². The molecule has 3 unspecified atom stereocenters. The van der Waals surface area contributed by atoms with Crippen molar-refractivity contribution in [1.82, 2.24) is 9.88 Å². The summed E-state index contributed by atoms with van der Waals surface area (Å²) in [6.45, 7) is 2.99. The number of nitrogens with zero attached hydrogens (tertiary/aromatic N) is 4. The SMILES string of the molecule is COc1ccc([N+](=O)[O-])cc1C1C(c2ccccn2)N=C2SC(C)CN21. The average Bonchev–Trinajstić information content (AvgIpc) is 3.17. The largest absolute Gasteiger partial charge is 0.496 e. The maximum Gasteiger partial charge on any atom is 0.270 e. The quantitative estimate of drug-likeness (QED) is 0.604. The van der Waals surface area contributed by atoms with E-state index in [2.05, 4.69) is 16.8 Å². The third kappa shape index (κ3) is 2.80. The lowest BCUT2D eigenvalue weighted by Gasteiger charge is -2.28. The van der Waals surface area contributed by atoms with Gasteiger partial charge in [-0.3, -0.25) is 20.1 Å². The Labute approximate surface area is 155 Å². The molecule has 0 saturated carbocycles. The van der Waals surface area contributed by atoms with Crippen LogP contribution in [0, 0.1) is 10.1 Å². The zero-order valence-corrected chi connectivity index (χ0v) is 15.2. The maximum atomic E-state index is 11.3. The minimum atomic E-state index is -0.378. The number of amidine groups is 1. The van der Waals surface area contributed by atoms with Gasteiger partial charge in [0, 0.05) is 35.7 Å². The van der Waals surface area contributed by atoms with Gasteiger partial charge in [-0.05, 0) is 18.2 Å². The van der Waals surface area contributed by atoms with Gasteiger partial charge in [0.1, 0.15) is 11.8 Å². The third-order valence-corrected chi connectivity index (χ3v) is 5.73. The Morgan fingerprint density at radius 1 is 1.35 bits per heavy atom. The first kappa shape index (κ1) is 16.8. The fourth-order valence-corrected chi connectivity index (χ4v) is 4.61. The van der Waals surface area contributed by atoms with E-state index in [9.17, 15) is 10.1 Å². The van der Waals surface area contributed by atoms with Crippen molar-refractivity contribution in [2.75, 3.05) is 13.7 Å². The van der Waals surface area contributed by atoms with Crippen LogP contribution in [-0.2, 0) is 0 Å². The summed E-state index contributed by atoms with van der Waals surface area (Å²) in [6, 6.07) is 10.1. The predicted molar refractivity (Wildman–Crippen MR) is 101 cm³/mol. The molecule has 8 heteroatoms. The molecule has 4 rings (SSSR count). The molecular weight excluding hydrogens is 352 g/mol. The number of pyridine rings is 1. The van der Waals surface area contributed by atoms with Crippen LogP contribution in [0.4, 0.5) is 5.69 Å². The maximum absolute atomic E-state index is 11.3. The van der Waals surface area contributed by atoms with Gasteiger partial charge in [-0.25, -0.2) is 0 Å². The molecule has 0 bridgehead atoms. The molecular formula is C18H18N4O3S. The first-order valence-electron chi connectivity index (χ1n) is 8.33. The predicted octanol–water partition coefficient (Wildman–Crippen LogP) is 3.59. The Morgan fingerprint density at radius 2 is 2.19 bits per heavy atom. The molecule has 26 heavy (non-hydrogen) atoms. The topological polar surface area (TPSA) is 80.9 Å². The van der Waals surface area contributed by atoms with E-state index < -0.39 is 0 Å². The molecule has 2 aliphatic rings. The number of aromatic nitrogens is 1. The van der Waals surface area contributed by atoms with Crippen LogP contribution in [-0.4, -0.2) is 38.9 Å². The summed E-state index contributed by atoms with van der Waals surface area (Å²) in [6.07, 6.45) is 1.75. The number of thioether (sulfide) groups is 1. The number of rotatable bonds is 4. The molecule has 3 heterocycles. The smallest absolute Gasteiger partial charge is 0.270 e. The van der Waals surface area contributed by atoms with E-state index in [0.717, 1.165) is 23.0 Å². The van der Waals surface area contributed by atoms with Crippen LogP contribution in [0.15, 0.2) is 47.6 Å². The molecule has 2 aromatic rings. The second-order valence-corrected chi connectivity index (χ2v) is 7.73. The summed E-state index contributed by atoms with van der Waals surface area (Å²) < 4.78 is 5.52. The highest BCUT2D eigenvalue weighted by atomic mass is 32.2. The van der Waals surface area contributed by atoms with Crippen LogP contribution in [0.2, 0.25) is 0 Å². The summed E-state index contributed by atoms with van der Waals surface area (Å²) in [5, 5.41) is 12.7. The van der Waals surface area contributed by atoms with Crippen molar-refractivity contribution < 1.29 is 9.66 Å². The lowest BCUT2D eigenvalue weighted by atomic mass is 9.95. The van der Waals surface area contributed by atoms with E-state index in [1.165, 1.54) is 6.07 Å². The Bertz CT molecular complexity index is 874. The van der Waals surface area contributed by atoms with E-state index in [1.807, 2.05) is 18.2 Å². The number of hydrogen-bond acceptors (Lipinski definition) is 7. The first-order chi connectivity index (χ1) is 12.6. The van der Waals surface area contributed by atoms with Gasteiger partial charge >= 0.3 is 0 Å². The molecule has 0 radical (unpaired) electrons. The lowest BCUT2D eigenvalue weighted by Crippen LogP contribution is -2.29. The summed E-state index contributed by atoms with van der Waals surface area (Å²) in [7, 11) is 1.58. The minimum absolute atomic E-state index is 0.0499. The van der Waals surface area contributed by atoms with Crippen molar-refractivity contribution >= 4 is 22.6 Å². The van der Waals surface area contributed by atoms with Crippen LogP contribution in [0.5, 0.6) is 5.75 Å². The zero-order valence-electron chi connectivity index (χ0n) is 14.4. The number of nitro benzene ring substituents is 1. The molecule has 0 aliphatic carbocycles. The standard InChI is InChI=1S/C18H18N4O3S/c1-11-10-21-17(13-9-12(22(23)24)6-7-15(13)25-2)16(20-18(21)26-11)14-5-3-4-8-19-14/h3-9,11,16-17H,10H2,1-2H3. The number of methoxy groups -OCH3 is 1. The summed E-state index contributed by atoms with van der Waals surface area (Å²) >= 11 is 1.73. The molecule has 0 spiro atoms. The Hall–Kier alpha value is -2.61. The molecule has 1 aromatic heterocycles. The molecule has 0 N–H and O–H groups in total. The van der Waals surface area contributed by atoms with Crippen LogP contribution in [0.3, 0.4) is 0 Å². The van der Waals surface area contributed by atoms with Gasteiger partial charge < -0.3 is 9.64 Å². The number of ether oxygens (including phenoxy) is 1. The Balaban J connectivity index is 1.84. The second kappa shape index (κ2) is 6.60. The number of fused-ring (bicyclic) bond motifs is 1. The van der Waals surface area contributed by atoms with E-state index in [-0.39, 0.29) is 22.7 Å². The van der Waals surface area contributed by atoms with Crippen LogP contribution >= 0.6 is 11.8 Å². The molecule has 134 valence electrons. The van der Waals surface area contributed by atoms with Crippen LogP contribution < -0.4 is 4.74 Å². The van der Waals surface area contributed by atoms with Gasteiger partial charge in [-0.2, -0.15) is 0 Å². The summed E-state index contributed by atoms with van der Waals surface area (Å²) in [5.74, 6) is 0.627. The van der Waals surface area contributed by atoms with E-state index >= 15 is 0 Å². The molecule has 1 fully saturated rings. The van der Waals surface area contributed by atoms with Crippen LogP contribution in [0.1, 0.15) is 30.3 Å². The number of hydrogen-bond donors (Lipinski definition) is 0. The molecule has 0 amide bonds. The van der Waals surface area contributed by atoms with E-state index in [4.69, 9.17) is 9.73 Å². The first-order valence-corrected chi connectivity index (χ1v) is 9.21. The molecule has 2 aliphatic heterocycles. The number of benzene rings is 1. The molecule has 1 saturated heterocycles. The van der Waals surface area contributed by atoms with E-state index in [1.54, 1.807) is 37.2 Å². The van der Waals surface area contributed by atoms with Crippen molar-refractivity contribution in [3.8, 4) is 5.75 Å². The summed E-state index contributed by atoms with van der Waals surface area (Å²) in [4.78, 5) is 22.5. The van der Waals surface area contributed by atoms with Crippen molar-refractivity contribution in [1.29, 1.82) is 0 Å². The van der Waals surface area contributed by atoms with Crippen molar-refractivity contribution in [3.05, 3.63) is 64.0 Å². The Kier molecular flexibility index (Phi) is 4.28. The highest BCUT2D eigenvalue weighted by Gasteiger charge is 2.45. The monoisotopic (exact) mass is 370 g/mol.